The van der Waals surface area contributed by atoms with E-state index in [1.807, 2.05) is 0 Å². The summed E-state index contributed by atoms with van der Waals surface area (Å²) in [5, 5.41) is 31.6. The molecule has 0 aromatic heterocycles. The molecule has 0 aromatic carbocycles. The lowest BCUT2D eigenvalue weighted by Gasteiger charge is -2.59. The van der Waals surface area contributed by atoms with Crippen LogP contribution in [-0.4, -0.2) is 33.6 Å². The molecule has 0 radical (unpaired) electrons. The van der Waals surface area contributed by atoms with Gasteiger partial charge in [-0.25, -0.2) is 0 Å². The number of aliphatic hydroxyl groups excluding tert-OH is 3. The number of allylic oxidation sites excluding steroid dienone is 1. The third-order valence-corrected chi connectivity index (χ3v) is 10.6. The van der Waals surface area contributed by atoms with Crippen LogP contribution in [0.4, 0.5) is 0 Å². The number of hydrogen-bond donors (Lipinski definition) is 3. The Morgan fingerprint density at radius 2 is 1.77 bits per heavy atom. The maximum atomic E-state index is 11.1. The van der Waals surface area contributed by atoms with E-state index < -0.39 is 6.10 Å². The summed E-state index contributed by atoms with van der Waals surface area (Å²) in [6.45, 7) is 11.5. The highest BCUT2D eigenvalue weighted by Crippen LogP contribution is 2.67. The van der Waals surface area contributed by atoms with E-state index in [0.717, 1.165) is 37.5 Å². The Morgan fingerprint density at radius 1 is 1.03 bits per heavy atom. The maximum absolute atomic E-state index is 11.1. The van der Waals surface area contributed by atoms with Crippen LogP contribution >= 0.6 is 0 Å². The summed E-state index contributed by atoms with van der Waals surface area (Å²) in [5.74, 6) is 3.79. The van der Waals surface area contributed by atoms with Crippen LogP contribution < -0.4 is 0 Å². The Labute approximate surface area is 184 Å². The first-order valence-electron chi connectivity index (χ1n) is 12.8. The van der Waals surface area contributed by atoms with Gasteiger partial charge in [-0.05, 0) is 92.3 Å². The fraction of sp³-hybridized carbons (Fsp3) is 0.926. The first kappa shape index (κ1) is 22.8. The molecular formula is C27H46O3. The maximum Gasteiger partial charge on any atom is 0.0658 e. The molecule has 3 fully saturated rings. The van der Waals surface area contributed by atoms with Crippen molar-refractivity contribution in [1.29, 1.82) is 0 Å². The van der Waals surface area contributed by atoms with Crippen molar-refractivity contribution >= 4 is 0 Å². The standard InChI is InChI=1S/C27H46O3/c1-16(2)24(29)11-6-17(3)21-9-10-22-20-8-7-18-14-19(28)15-25(30)27(18,5)23(20)12-13-26(21,22)4/h7,16-17,19-25,28-30H,6,8-15H2,1-5H3/t17-,19?,20+,21-,22+,23+,24-,25+,26-,27+/m1/s1. The van der Waals surface area contributed by atoms with E-state index in [4.69, 9.17) is 0 Å². The molecule has 4 aliphatic carbocycles. The van der Waals surface area contributed by atoms with Crippen LogP contribution in [0.25, 0.3) is 0 Å². The quantitative estimate of drug-likeness (QED) is 0.529. The zero-order chi connectivity index (χ0) is 21.8. The van der Waals surface area contributed by atoms with Gasteiger partial charge in [-0.15, -0.1) is 0 Å². The van der Waals surface area contributed by atoms with Crippen LogP contribution in [0.2, 0.25) is 0 Å². The fourth-order valence-electron chi connectivity index (χ4n) is 8.64. The van der Waals surface area contributed by atoms with E-state index in [1.165, 1.54) is 31.3 Å². The second-order valence-corrected chi connectivity index (χ2v) is 12.3. The van der Waals surface area contributed by atoms with E-state index >= 15 is 0 Å². The molecule has 3 N–H and O–H groups in total. The minimum Gasteiger partial charge on any atom is -0.393 e. The summed E-state index contributed by atoms with van der Waals surface area (Å²) in [5.41, 5.74) is 1.61. The van der Waals surface area contributed by atoms with Gasteiger partial charge in [0, 0.05) is 11.8 Å². The Balaban J connectivity index is 1.51. The molecule has 0 spiro atoms. The summed E-state index contributed by atoms with van der Waals surface area (Å²) >= 11 is 0. The van der Waals surface area contributed by atoms with Crippen molar-refractivity contribution in [1.82, 2.24) is 0 Å². The average Bonchev–Trinajstić information content (AvgIpc) is 3.04. The van der Waals surface area contributed by atoms with Crippen molar-refractivity contribution < 1.29 is 15.3 Å². The molecule has 3 nitrogen and oxygen atoms in total. The van der Waals surface area contributed by atoms with Crippen molar-refractivity contribution in [2.24, 2.45) is 46.3 Å². The third kappa shape index (κ3) is 3.52. The predicted octanol–water partition coefficient (Wildman–Crippen LogP) is 5.33. The van der Waals surface area contributed by atoms with Gasteiger partial charge >= 0.3 is 0 Å². The first-order chi connectivity index (χ1) is 14.1. The van der Waals surface area contributed by atoms with Gasteiger partial charge in [0.05, 0.1) is 18.3 Å². The molecule has 0 bridgehead atoms. The molecule has 4 aliphatic rings. The topological polar surface area (TPSA) is 60.7 Å². The lowest BCUT2D eigenvalue weighted by Crippen LogP contribution is -2.55. The number of hydrogen-bond acceptors (Lipinski definition) is 3. The van der Waals surface area contributed by atoms with Gasteiger partial charge in [0.2, 0.25) is 0 Å². The number of fused-ring (bicyclic) bond motifs is 5. The summed E-state index contributed by atoms with van der Waals surface area (Å²) < 4.78 is 0. The smallest absolute Gasteiger partial charge is 0.0658 e. The molecule has 10 atom stereocenters. The summed E-state index contributed by atoms with van der Waals surface area (Å²) in [6.07, 6.45) is 11.1. The van der Waals surface area contributed by atoms with Crippen LogP contribution in [0.15, 0.2) is 11.6 Å². The normalized spacial score (nSPS) is 47.8. The predicted molar refractivity (Wildman–Crippen MR) is 122 cm³/mol. The van der Waals surface area contributed by atoms with Crippen molar-refractivity contribution in [2.75, 3.05) is 0 Å². The molecule has 0 saturated heterocycles. The van der Waals surface area contributed by atoms with Gasteiger partial charge in [0.25, 0.3) is 0 Å². The zero-order valence-electron chi connectivity index (χ0n) is 20.0. The van der Waals surface area contributed by atoms with E-state index in [9.17, 15) is 15.3 Å². The van der Waals surface area contributed by atoms with Crippen LogP contribution in [-0.2, 0) is 0 Å². The Bertz CT molecular complexity index is 656. The summed E-state index contributed by atoms with van der Waals surface area (Å²) in [4.78, 5) is 0. The van der Waals surface area contributed by atoms with E-state index in [0.29, 0.717) is 35.5 Å². The van der Waals surface area contributed by atoms with Crippen molar-refractivity contribution in [2.45, 2.75) is 111 Å². The number of rotatable bonds is 5. The second-order valence-electron chi connectivity index (χ2n) is 12.3. The zero-order valence-corrected chi connectivity index (χ0v) is 20.0. The monoisotopic (exact) mass is 418 g/mol. The molecule has 30 heavy (non-hydrogen) atoms. The molecule has 0 aromatic rings. The molecular weight excluding hydrogens is 372 g/mol. The molecule has 172 valence electrons. The molecule has 0 heterocycles. The van der Waals surface area contributed by atoms with Crippen LogP contribution in [0.1, 0.15) is 92.4 Å². The molecule has 0 aliphatic heterocycles. The SMILES string of the molecule is CC(C)[C@H](O)CC[C@@H](C)[C@H]1CC[C@H]2[C@@H]3CC=C4CC(O)C[C@H](O)[C@]4(C)[C@H]3CC[C@]12C. The third-order valence-electron chi connectivity index (χ3n) is 10.6. The van der Waals surface area contributed by atoms with Gasteiger partial charge in [0.1, 0.15) is 0 Å². The van der Waals surface area contributed by atoms with E-state index in [1.54, 1.807) is 0 Å². The van der Waals surface area contributed by atoms with E-state index in [2.05, 4.69) is 40.7 Å². The Kier molecular flexibility index (Phi) is 6.23. The second kappa shape index (κ2) is 8.19. The lowest BCUT2D eigenvalue weighted by molar-refractivity contribution is -0.108. The summed E-state index contributed by atoms with van der Waals surface area (Å²) in [7, 11) is 0. The van der Waals surface area contributed by atoms with Gasteiger partial charge in [-0.1, -0.05) is 46.3 Å². The minimum atomic E-state index is -0.404. The largest absolute Gasteiger partial charge is 0.393 e. The van der Waals surface area contributed by atoms with Crippen molar-refractivity contribution in [3.63, 3.8) is 0 Å². The highest BCUT2D eigenvalue weighted by molar-refractivity contribution is 5.27. The average molecular weight is 419 g/mol. The Morgan fingerprint density at radius 3 is 2.47 bits per heavy atom. The van der Waals surface area contributed by atoms with Gasteiger partial charge < -0.3 is 15.3 Å². The highest BCUT2D eigenvalue weighted by atomic mass is 16.3. The first-order valence-corrected chi connectivity index (χ1v) is 12.8. The molecule has 3 saturated carbocycles. The summed E-state index contributed by atoms with van der Waals surface area (Å²) in [6, 6.07) is 0. The van der Waals surface area contributed by atoms with Crippen LogP contribution in [0, 0.1) is 46.3 Å². The molecule has 3 heteroatoms. The van der Waals surface area contributed by atoms with Crippen LogP contribution in [0.3, 0.4) is 0 Å². The number of aliphatic hydroxyl groups is 3. The molecule has 0 amide bonds. The minimum absolute atomic E-state index is 0.130. The molecule has 1 unspecified atom stereocenters. The fourth-order valence-corrected chi connectivity index (χ4v) is 8.64. The van der Waals surface area contributed by atoms with Crippen molar-refractivity contribution in [3.8, 4) is 0 Å². The van der Waals surface area contributed by atoms with Crippen molar-refractivity contribution in [3.05, 3.63) is 11.6 Å². The van der Waals surface area contributed by atoms with Gasteiger partial charge in [0.15, 0.2) is 0 Å². The highest BCUT2D eigenvalue weighted by Gasteiger charge is 2.60. The van der Waals surface area contributed by atoms with Gasteiger partial charge in [-0.2, -0.15) is 0 Å². The lowest BCUT2D eigenvalue weighted by atomic mass is 9.46. The van der Waals surface area contributed by atoms with Gasteiger partial charge in [-0.3, -0.25) is 0 Å². The Hall–Kier alpha value is -0.380. The molecule has 4 rings (SSSR count). The van der Waals surface area contributed by atoms with Crippen LogP contribution in [0.5, 0.6) is 0 Å². The van der Waals surface area contributed by atoms with E-state index in [-0.39, 0.29) is 17.6 Å².